The Morgan fingerprint density at radius 3 is 2.80 bits per heavy atom. The van der Waals surface area contributed by atoms with Crippen molar-refractivity contribution in [3.63, 3.8) is 0 Å². The quantitative estimate of drug-likeness (QED) is 0.888. The second kappa shape index (κ2) is 6.37. The number of H-pyrrole nitrogens is 1. The number of hydrogen-bond acceptors (Lipinski definition) is 2. The molecule has 0 saturated carbocycles. The summed E-state index contributed by atoms with van der Waals surface area (Å²) >= 11 is 5.96. The summed E-state index contributed by atoms with van der Waals surface area (Å²) in [7, 11) is 0. The van der Waals surface area contributed by atoms with Crippen LogP contribution in [0.15, 0.2) is 23.0 Å². The van der Waals surface area contributed by atoms with Gasteiger partial charge in [-0.15, -0.1) is 0 Å². The molecule has 4 nitrogen and oxygen atoms in total. The molecule has 0 spiro atoms. The first-order chi connectivity index (χ1) is 9.47. The van der Waals surface area contributed by atoms with Crippen molar-refractivity contribution in [1.82, 2.24) is 9.97 Å². The monoisotopic (exact) mass is 294 g/mol. The van der Waals surface area contributed by atoms with Crippen molar-refractivity contribution >= 4 is 22.5 Å². The second-order valence-corrected chi connectivity index (χ2v) is 6.04. The van der Waals surface area contributed by atoms with Crippen LogP contribution in [0.1, 0.15) is 39.1 Å². The molecule has 1 aromatic heterocycles. The summed E-state index contributed by atoms with van der Waals surface area (Å²) in [6.07, 6.45) is 1.15. The molecule has 2 rings (SSSR count). The average Bonchev–Trinajstić information content (AvgIpc) is 2.37. The van der Waals surface area contributed by atoms with Crippen LogP contribution in [0, 0.1) is 5.92 Å². The van der Waals surface area contributed by atoms with Crippen LogP contribution < -0.4 is 10.9 Å². The van der Waals surface area contributed by atoms with Gasteiger partial charge in [-0.25, -0.2) is 4.98 Å². The largest absolute Gasteiger partial charge is 0.338 e. The smallest absolute Gasteiger partial charge is 0.258 e. The Balaban J connectivity index is 2.24. The molecule has 1 aromatic carbocycles. The summed E-state index contributed by atoms with van der Waals surface area (Å²) in [5, 5.41) is 3.37. The molecule has 2 aromatic rings. The van der Waals surface area contributed by atoms with Crippen molar-refractivity contribution in [1.29, 1.82) is 0 Å². The summed E-state index contributed by atoms with van der Waals surface area (Å²) in [4.78, 5) is 19.4. The minimum absolute atomic E-state index is 0.106. The Bertz CT molecular complexity index is 651. The maximum Gasteiger partial charge on any atom is 0.258 e. The number of aromatic nitrogens is 2. The van der Waals surface area contributed by atoms with E-state index in [1.165, 1.54) is 0 Å². The SMILES string of the molecule is CC(C)CC[NH2+][C@H](C)c1nc2cc(Cl)ccc2c(=O)[nH]1. The molecule has 0 saturated heterocycles. The van der Waals surface area contributed by atoms with Gasteiger partial charge in [0.15, 0.2) is 5.82 Å². The number of nitrogens with two attached hydrogens (primary N) is 1. The molecular formula is C15H21ClN3O+. The zero-order valence-corrected chi connectivity index (χ0v) is 12.9. The molecule has 1 atom stereocenters. The van der Waals surface area contributed by atoms with Gasteiger partial charge in [0, 0.05) is 5.02 Å². The predicted octanol–water partition coefficient (Wildman–Crippen LogP) is 2.25. The normalized spacial score (nSPS) is 13.1. The third-order valence-corrected chi connectivity index (χ3v) is 3.62. The number of benzene rings is 1. The lowest BCUT2D eigenvalue weighted by molar-refractivity contribution is -0.694. The molecule has 0 radical (unpaired) electrons. The number of fused-ring (bicyclic) bond motifs is 1. The highest BCUT2D eigenvalue weighted by molar-refractivity contribution is 6.31. The molecule has 108 valence electrons. The number of hydrogen-bond donors (Lipinski definition) is 2. The van der Waals surface area contributed by atoms with Crippen LogP contribution in [-0.4, -0.2) is 16.5 Å². The molecule has 1 heterocycles. The fourth-order valence-electron chi connectivity index (χ4n) is 2.14. The minimum atomic E-state index is -0.106. The van der Waals surface area contributed by atoms with Gasteiger partial charge in [-0.2, -0.15) is 0 Å². The van der Waals surface area contributed by atoms with E-state index in [0.717, 1.165) is 13.0 Å². The van der Waals surface area contributed by atoms with Gasteiger partial charge < -0.3 is 10.3 Å². The van der Waals surface area contributed by atoms with Gasteiger partial charge in [0.25, 0.3) is 5.56 Å². The number of rotatable bonds is 5. The third-order valence-electron chi connectivity index (χ3n) is 3.38. The van der Waals surface area contributed by atoms with Crippen molar-refractivity contribution < 1.29 is 5.32 Å². The van der Waals surface area contributed by atoms with E-state index in [-0.39, 0.29) is 11.6 Å². The second-order valence-electron chi connectivity index (χ2n) is 5.61. The van der Waals surface area contributed by atoms with Gasteiger partial charge in [0.2, 0.25) is 0 Å². The Labute approximate surface area is 123 Å². The fourth-order valence-corrected chi connectivity index (χ4v) is 2.30. The average molecular weight is 295 g/mol. The van der Waals surface area contributed by atoms with Crippen LogP contribution in [0.3, 0.4) is 0 Å². The highest BCUT2D eigenvalue weighted by Crippen LogP contribution is 2.15. The maximum absolute atomic E-state index is 12.0. The van der Waals surface area contributed by atoms with Crippen LogP contribution in [0.4, 0.5) is 0 Å². The number of nitrogens with one attached hydrogen (secondary N) is 1. The summed E-state index contributed by atoms with van der Waals surface area (Å²) in [6.45, 7) is 7.48. The van der Waals surface area contributed by atoms with Crippen LogP contribution in [-0.2, 0) is 0 Å². The van der Waals surface area contributed by atoms with Crippen LogP contribution in [0.2, 0.25) is 5.02 Å². The first kappa shape index (κ1) is 15.0. The molecule has 0 aliphatic rings. The predicted molar refractivity (Wildman–Crippen MR) is 82.0 cm³/mol. The van der Waals surface area contributed by atoms with Crippen molar-refractivity contribution in [3.05, 3.63) is 39.4 Å². The van der Waals surface area contributed by atoms with E-state index in [0.29, 0.717) is 27.7 Å². The lowest BCUT2D eigenvalue weighted by atomic mass is 10.1. The van der Waals surface area contributed by atoms with Gasteiger partial charge in [-0.3, -0.25) is 4.79 Å². The third kappa shape index (κ3) is 3.58. The maximum atomic E-state index is 12.0. The summed E-state index contributed by atoms with van der Waals surface area (Å²) in [5.74, 6) is 1.38. The van der Waals surface area contributed by atoms with E-state index >= 15 is 0 Å². The lowest BCUT2D eigenvalue weighted by Gasteiger charge is -2.11. The fraction of sp³-hybridized carbons (Fsp3) is 0.467. The molecule has 0 unspecified atom stereocenters. The Morgan fingerprint density at radius 1 is 1.35 bits per heavy atom. The van der Waals surface area contributed by atoms with Gasteiger partial charge in [-0.05, 0) is 37.5 Å². The van der Waals surface area contributed by atoms with Gasteiger partial charge in [-0.1, -0.05) is 25.4 Å². The first-order valence-electron chi connectivity index (χ1n) is 7.00. The Hall–Kier alpha value is -1.39. The first-order valence-corrected chi connectivity index (χ1v) is 7.38. The number of halogens is 1. The van der Waals surface area contributed by atoms with E-state index in [9.17, 15) is 4.79 Å². The molecule has 0 fully saturated rings. The summed E-state index contributed by atoms with van der Waals surface area (Å²) < 4.78 is 0. The zero-order valence-electron chi connectivity index (χ0n) is 12.1. The molecule has 0 aliphatic carbocycles. The number of quaternary nitrogens is 1. The molecule has 3 N–H and O–H groups in total. The summed E-state index contributed by atoms with van der Waals surface area (Å²) in [6, 6.07) is 5.28. The van der Waals surface area contributed by atoms with Gasteiger partial charge in [0.05, 0.1) is 17.4 Å². The molecule has 0 aliphatic heterocycles. The topological polar surface area (TPSA) is 62.4 Å². The van der Waals surface area contributed by atoms with Crippen molar-refractivity contribution in [2.24, 2.45) is 5.92 Å². The minimum Gasteiger partial charge on any atom is -0.338 e. The van der Waals surface area contributed by atoms with Crippen LogP contribution in [0.5, 0.6) is 0 Å². The van der Waals surface area contributed by atoms with E-state index in [2.05, 4.69) is 36.1 Å². The van der Waals surface area contributed by atoms with Crippen molar-refractivity contribution in [2.75, 3.05) is 6.54 Å². The molecule has 5 heteroatoms. The number of aromatic amines is 1. The zero-order chi connectivity index (χ0) is 14.7. The highest BCUT2D eigenvalue weighted by atomic mass is 35.5. The number of nitrogens with zero attached hydrogens (tertiary/aromatic N) is 1. The van der Waals surface area contributed by atoms with Gasteiger partial charge >= 0.3 is 0 Å². The summed E-state index contributed by atoms with van der Waals surface area (Å²) in [5.41, 5.74) is 0.547. The Morgan fingerprint density at radius 2 is 2.10 bits per heavy atom. The molecule has 20 heavy (non-hydrogen) atoms. The van der Waals surface area contributed by atoms with Crippen molar-refractivity contribution in [2.45, 2.75) is 33.2 Å². The Kier molecular flexibility index (Phi) is 4.78. The molecule has 0 bridgehead atoms. The standard InChI is InChI=1S/C15H20ClN3O/c1-9(2)6-7-17-10(3)14-18-13-8-11(16)4-5-12(13)15(20)19-14/h4-5,8-10,17H,6-7H2,1-3H3,(H,18,19,20)/p+1/t10-/m1/s1. The van der Waals surface area contributed by atoms with Crippen LogP contribution in [0.25, 0.3) is 10.9 Å². The molecular weight excluding hydrogens is 274 g/mol. The van der Waals surface area contributed by atoms with Crippen LogP contribution >= 0.6 is 11.6 Å². The highest BCUT2D eigenvalue weighted by Gasteiger charge is 2.13. The van der Waals surface area contributed by atoms with E-state index in [1.807, 2.05) is 0 Å². The van der Waals surface area contributed by atoms with E-state index in [1.54, 1.807) is 18.2 Å². The van der Waals surface area contributed by atoms with E-state index in [4.69, 9.17) is 11.6 Å². The van der Waals surface area contributed by atoms with Gasteiger partial charge in [0.1, 0.15) is 6.04 Å². The molecule has 0 amide bonds. The lowest BCUT2D eigenvalue weighted by Crippen LogP contribution is -2.85. The van der Waals surface area contributed by atoms with E-state index < -0.39 is 0 Å². The van der Waals surface area contributed by atoms with Crippen molar-refractivity contribution in [3.8, 4) is 0 Å².